The molecular weight excluding hydrogens is 401 g/mol. The Morgan fingerprint density at radius 1 is 0.690 bits per heavy atom. The molecule has 0 aliphatic carbocycles. The van der Waals surface area contributed by atoms with E-state index in [0.717, 1.165) is 12.8 Å². The van der Waals surface area contributed by atoms with Crippen molar-refractivity contribution in [3.05, 3.63) is 59.4 Å². The van der Waals surface area contributed by atoms with Crippen LogP contribution in [0.5, 0.6) is 0 Å². The maximum absolute atomic E-state index is 12.7. The van der Waals surface area contributed by atoms with Gasteiger partial charge in [0.2, 0.25) is 5.82 Å². The van der Waals surface area contributed by atoms with Crippen LogP contribution in [-0.2, 0) is 14.5 Å². The first-order valence-corrected chi connectivity index (χ1v) is 7.96. The van der Waals surface area contributed by atoms with E-state index in [1.807, 2.05) is 51.5 Å². The lowest BCUT2D eigenvalue weighted by Gasteiger charge is -2.14. The van der Waals surface area contributed by atoms with Gasteiger partial charge in [0.05, 0.1) is 27.0 Å². The molecule has 0 aromatic heterocycles. The third kappa shape index (κ3) is 8.60. The van der Waals surface area contributed by atoms with Crippen LogP contribution in [0.25, 0.3) is 0 Å². The van der Waals surface area contributed by atoms with Gasteiger partial charge in [0.1, 0.15) is 5.69 Å². The SMILES string of the molecule is CON(C)C.CON(C)c1ccccc1.CONc1c(F)c(F)c(F)c(F)c1F. The van der Waals surface area contributed by atoms with Crippen molar-refractivity contribution in [1.29, 1.82) is 0 Å². The second kappa shape index (κ2) is 13.7. The number of hydrogen-bond acceptors (Lipinski definition) is 6. The number of nitrogens with zero attached hydrogens (tertiary/aromatic N) is 2. The topological polar surface area (TPSA) is 46.2 Å². The summed E-state index contributed by atoms with van der Waals surface area (Å²) in [5, 5.41) is 3.33. The average Bonchev–Trinajstić information content (AvgIpc) is 2.74. The lowest BCUT2D eigenvalue weighted by Crippen LogP contribution is -2.13. The molecule has 164 valence electrons. The molecule has 2 aromatic carbocycles. The molecule has 0 aliphatic rings. The molecule has 2 aromatic rings. The first-order valence-electron chi connectivity index (χ1n) is 7.96. The Kier molecular flexibility index (Phi) is 12.5. The lowest BCUT2D eigenvalue weighted by molar-refractivity contribution is -0.0855. The van der Waals surface area contributed by atoms with Crippen LogP contribution in [0.2, 0.25) is 0 Å². The van der Waals surface area contributed by atoms with E-state index in [4.69, 9.17) is 4.84 Å². The summed E-state index contributed by atoms with van der Waals surface area (Å²) in [6.45, 7) is 0. The molecule has 0 unspecified atom stereocenters. The molecule has 0 aliphatic heterocycles. The van der Waals surface area contributed by atoms with Gasteiger partial charge in [0, 0.05) is 21.1 Å². The predicted octanol–water partition coefficient (Wildman–Crippen LogP) is 4.15. The fourth-order valence-electron chi connectivity index (χ4n) is 1.54. The number of benzene rings is 2. The summed E-state index contributed by atoms with van der Waals surface area (Å²) in [7, 11) is 9.78. The zero-order valence-electron chi connectivity index (χ0n) is 16.9. The molecule has 6 nitrogen and oxygen atoms in total. The smallest absolute Gasteiger partial charge is 0.200 e. The van der Waals surface area contributed by atoms with Crippen molar-refractivity contribution < 1.29 is 36.5 Å². The van der Waals surface area contributed by atoms with Crippen LogP contribution < -0.4 is 10.5 Å². The Morgan fingerprint density at radius 2 is 1.10 bits per heavy atom. The van der Waals surface area contributed by atoms with Crippen LogP contribution in [0.4, 0.5) is 33.3 Å². The van der Waals surface area contributed by atoms with Crippen LogP contribution in [0.3, 0.4) is 0 Å². The highest BCUT2D eigenvalue weighted by atomic mass is 19.2. The minimum Gasteiger partial charge on any atom is -0.303 e. The highest BCUT2D eigenvalue weighted by Crippen LogP contribution is 2.26. The number of halogens is 5. The fraction of sp³-hybridized carbons (Fsp3) is 0.333. The van der Waals surface area contributed by atoms with Crippen molar-refractivity contribution >= 4 is 11.4 Å². The molecular formula is C18H24F5N3O3. The van der Waals surface area contributed by atoms with Gasteiger partial charge in [0.25, 0.3) is 0 Å². The zero-order valence-corrected chi connectivity index (χ0v) is 16.9. The maximum Gasteiger partial charge on any atom is 0.200 e. The summed E-state index contributed by atoms with van der Waals surface area (Å²) in [6.07, 6.45) is 0. The van der Waals surface area contributed by atoms with Crippen molar-refractivity contribution in [1.82, 2.24) is 5.06 Å². The molecule has 0 saturated heterocycles. The molecule has 29 heavy (non-hydrogen) atoms. The van der Waals surface area contributed by atoms with E-state index in [9.17, 15) is 22.0 Å². The number of para-hydroxylation sites is 1. The molecule has 0 saturated carbocycles. The van der Waals surface area contributed by atoms with Gasteiger partial charge in [-0.05, 0) is 12.1 Å². The monoisotopic (exact) mass is 425 g/mol. The number of hydrogen-bond donors (Lipinski definition) is 1. The van der Waals surface area contributed by atoms with Crippen molar-refractivity contribution in [2.45, 2.75) is 0 Å². The Bertz CT molecular complexity index is 707. The third-order valence-corrected chi connectivity index (χ3v) is 3.17. The standard InChI is InChI=1S/C8H11NO.C7H4F5NO.C3H9NO/c1-9(10-2)8-6-4-3-5-7-8;1-14-13-7-5(11)3(9)2(8)4(10)6(7)12;1-4(2)5-3/h3-7H,1-2H3;13H,1H3;1-3H3. The highest BCUT2D eigenvalue weighted by Gasteiger charge is 2.25. The summed E-state index contributed by atoms with van der Waals surface area (Å²) in [6, 6.07) is 9.91. The molecule has 0 atom stereocenters. The van der Waals surface area contributed by atoms with E-state index in [1.165, 1.54) is 0 Å². The van der Waals surface area contributed by atoms with Gasteiger partial charge >= 0.3 is 0 Å². The van der Waals surface area contributed by atoms with Crippen LogP contribution in [0.1, 0.15) is 0 Å². The first kappa shape index (κ1) is 26.5. The second-order valence-corrected chi connectivity index (χ2v) is 5.26. The highest BCUT2D eigenvalue weighted by molar-refractivity contribution is 5.45. The van der Waals surface area contributed by atoms with Gasteiger partial charge in [0.15, 0.2) is 23.3 Å². The molecule has 0 spiro atoms. The largest absolute Gasteiger partial charge is 0.303 e. The molecule has 0 radical (unpaired) electrons. The molecule has 11 heteroatoms. The van der Waals surface area contributed by atoms with E-state index in [-0.39, 0.29) is 0 Å². The summed E-state index contributed by atoms with van der Waals surface area (Å²) >= 11 is 0. The van der Waals surface area contributed by atoms with E-state index in [1.54, 1.807) is 29.8 Å². The normalized spacial score (nSPS) is 9.93. The lowest BCUT2D eigenvalue weighted by atomic mass is 10.2. The summed E-state index contributed by atoms with van der Waals surface area (Å²) in [5.41, 5.74) is 1.40. The summed E-state index contributed by atoms with van der Waals surface area (Å²) < 4.78 is 62.8. The van der Waals surface area contributed by atoms with Crippen molar-refractivity contribution in [2.75, 3.05) is 53.0 Å². The Labute approximate surface area is 166 Å². The Hall–Kier alpha value is -2.47. The van der Waals surface area contributed by atoms with Crippen LogP contribution in [0.15, 0.2) is 30.3 Å². The number of nitrogens with one attached hydrogen (secondary N) is 1. The molecule has 0 bridgehead atoms. The third-order valence-electron chi connectivity index (χ3n) is 3.17. The molecule has 0 heterocycles. The minimum atomic E-state index is -2.21. The van der Waals surface area contributed by atoms with Crippen LogP contribution in [0, 0.1) is 29.1 Å². The maximum atomic E-state index is 12.7. The predicted molar refractivity (Wildman–Crippen MR) is 99.4 cm³/mol. The number of hydroxylamine groups is 3. The van der Waals surface area contributed by atoms with Crippen molar-refractivity contribution in [3.8, 4) is 0 Å². The van der Waals surface area contributed by atoms with Crippen LogP contribution in [-0.4, -0.2) is 47.5 Å². The number of anilines is 2. The first-order chi connectivity index (χ1) is 13.6. The minimum absolute atomic E-state index is 0.970. The van der Waals surface area contributed by atoms with E-state index < -0.39 is 34.8 Å². The number of rotatable bonds is 5. The molecule has 0 amide bonds. The van der Waals surface area contributed by atoms with Crippen LogP contribution >= 0.6 is 0 Å². The van der Waals surface area contributed by atoms with Gasteiger partial charge < -0.3 is 4.84 Å². The Balaban J connectivity index is 0.000000455. The van der Waals surface area contributed by atoms with E-state index >= 15 is 0 Å². The molecule has 2 rings (SSSR count). The van der Waals surface area contributed by atoms with Gasteiger partial charge in [-0.3, -0.25) is 20.2 Å². The fourth-order valence-corrected chi connectivity index (χ4v) is 1.54. The molecule has 0 fully saturated rings. The Morgan fingerprint density at radius 3 is 1.45 bits per heavy atom. The van der Waals surface area contributed by atoms with E-state index in [0.29, 0.717) is 0 Å². The van der Waals surface area contributed by atoms with Gasteiger partial charge in [-0.25, -0.2) is 22.0 Å². The summed E-state index contributed by atoms with van der Waals surface area (Å²) in [4.78, 5) is 13.6. The van der Waals surface area contributed by atoms with E-state index in [2.05, 4.69) is 9.68 Å². The van der Waals surface area contributed by atoms with Gasteiger partial charge in [-0.2, -0.15) is 5.06 Å². The molecule has 1 N–H and O–H groups in total. The van der Waals surface area contributed by atoms with Gasteiger partial charge in [-0.15, -0.1) is 0 Å². The quantitative estimate of drug-likeness (QED) is 0.336. The van der Waals surface area contributed by atoms with Crippen molar-refractivity contribution in [3.63, 3.8) is 0 Å². The summed E-state index contributed by atoms with van der Waals surface area (Å²) in [5.74, 6) is -10.2. The van der Waals surface area contributed by atoms with Gasteiger partial charge in [-0.1, -0.05) is 18.2 Å². The zero-order chi connectivity index (χ0) is 22.6. The van der Waals surface area contributed by atoms with Crippen molar-refractivity contribution in [2.24, 2.45) is 0 Å². The second-order valence-electron chi connectivity index (χ2n) is 5.26. The average molecular weight is 425 g/mol.